The largest absolute Gasteiger partial charge is 0.478 e. The Labute approximate surface area is 115 Å². The molecular formula is C14H14N2O2S. The number of hydrogen-bond acceptors (Lipinski definition) is 4. The Morgan fingerprint density at radius 2 is 2.05 bits per heavy atom. The minimum Gasteiger partial charge on any atom is -0.478 e. The lowest BCUT2D eigenvalue weighted by Gasteiger charge is -2.08. The molecule has 0 amide bonds. The summed E-state index contributed by atoms with van der Waals surface area (Å²) in [6.45, 7) is 3.92. The van der Waals surface area contributed by atoms with Crippen molar-refractivity contribution in [2.24, 2.45) is 0 Å². The zero-order chi connectivity index (χ0) is 14.0. The molecule has 2 aromatic rings. The van der Waals surface area contributed by atoms with E-state index >= 15 is 0 Å². The number of rotatable bonds is 3. The Kier molecular flexibility index (Phi) is 3.76. The molecule has 2 rings (SSSR count). The fourth-order valence-corrected chi connectivity index (χ4v) is 2.82. The zero-order valence-electron chi connectivity index (χ0n) is 10.7. The van der Waals surface area contributed by atoms with E-state index < -0.39 is 5.97 Å². The maximum atomic E-state index is 11.0. The lowest BCUT2D eigenvalue weighted by molar-refractivity contribution is 0.0698. The molecule has 0 atom stereocenters. The van der Waals surface area contributed by atoms with Crippen LogP contribution in [0.2, 0.25) is 0 Å². The summed E-state index contributed by atoms with van der Waals surface area (Å²) < 4.78 is 0. The summed E-state index contributed by atoms with van der Waals surface area (Å²) >= 11 is 1.37. The van der Waals surface area contributed by atoms with Gasteiger partial charge >= 0.3 is 5.97 Å². The van der Waals surface area contributed by atoms with Gasteiger partial charge in [-0.25, -0.2) is 9.78 Å². The summed E-state index contributed by atoms with van der Waals surface area (Å²) in [5, 5.41) is 9.85. The highest BCUT2D eigenvalue weighted by Crippen LogP contribution is 2.33. The number of nitrogens with zero attached hydrogens (tertiary/aromatic N) is 1. The maximum absolute atomic E-state index is 11.0. The number of aromatic carboxylic acids is 1. The van der Waals surface area contributed by atoms with Crippen molar-refractivity contribution in [1.82, 2.24) is 4.98 Å². The van der Waals surface area contributed by atoms with Crippen LogP contribution in [0.5, 0.6) is 0 Å². The lowest BCUT2D eigenvalue weighted by atomic mass is 10.2. The standard InChI is InChI=1S/C14H14N2O2S/c1-8-6-9(2)16-12(7-8)19-11-5-3-4-10(13(11)15)14(17)18/h3-7H,15H2,1-2H3,(H,17,18). The topological polar surface area (TPSA) is 76.2 Å². The normalized spacial score (nSPS) is 10.4. The highest BCUT2D eigenvalue weighted by molar-refractivity contribution is 7.99. The first-order valence-electron chi connectivity index (χ1n) is 5.72. The zero-order valence-corrected chi connectivity index (χ0v) is 11.5. The van der Waals surface area contributed by atoms with E-state index in [1.54, 1.807) is 12.1 Å². The molecule has 0 radical (unpaired) electrons. The number of anilines is 1. The lowest BCUT2D eigenvalue weighted by Crippen LogP contribution is -2.03. The third-order valence-electron chi connectivity index (χ3n) is 2.59. The van der Waals surface area contributed by atoms with E-state index in [9.17, 15) is 4.79 Å². The highest BCUT2D eigenvalue weighted by atomic mass is 32.2. The van der Waals surface area contributed by atoms with Gasteiger partial charge in [-0.05, 0) is 43.7 Å². The van der Waals surface area contributed by atoms with E-state index in [4.69, 9.17) is 10.8 Å². The highest BCUT2D eigenvalue weighted by Gasteiger charge is 2.12. The first kappa shape index (κ1) is 13.4. The number of carboxylic acid groups (broad SMARTS) is 1. The van der Waals surface area contributed by atoms with E-state index in [0.29, 0.717) is 4.90 Å². The second-order valence-corrected chi connectivity index (χ2v) is 5.31. The Bertz CT molecular complexity index is 621. The van der Waals surface area contributed by atoms with Crippen molar-refractivity contribution in [2.75, 3.05) is 5.73 Å². The number of aromatic nitrogens is 1. The van der Waals surface area contributed by atoms with Gasteiger partial charge in [-0.1, -0.05) is 17.8 Å². The van der Waals surface area contributed by atoms with Crippen LogP contribution >= 0.6 is 11.8 Å². The molecule has 0 saturated carbocycles. The van der Waals surface area contributed by atoms with Gasteiger partial charge in [0.15, 0.2) is 0 Å². The van der Waals surface area contributed by atoms with E-state index in [2.05, 4.69) is 4.98 Å². The van der Waals surface area contributed by atoms with Gasteiger partial charge in [0.1, 0.15) is 5.03 Å². The number of hydrogen-bond donors (Lipinski definition) is 2. The Hall–Kier alpha value is -2.01. The van der Waals surface area contributed by atoms with Gasteiger partial charge in [0.25, 0.3) is 0 Å². The van der Waals surface area contributed by atoms with Gasteiger partial charge in [0.2, 0.25) is 0 Å². The first-order valence-corrected chi connectivity index (χ1v) is 6.54. The fourth-order valence-electron chi connectivity index (χ4n) is 1.79. The molecule has 0 aliphatic rings. The number of nitrogen functional groups attached to an aromatic ring is 1. The molecule has 5 heteroatoms. The molecule has 1 aromatic carbocycles. The predicted molar refractivity (Wildman–Crippen MR) is 75.6 cm³/mol. The Morgan fingerprint density at radius 3 is 2.68 bits per heavy atom. The summed E-state index contributed by atoms with van der Waals surface area (Å²) in [6.07, 6.45) is 0. The molecule has 0 fully saturated rings. The molecule has 0 spiro atoms. The van der Waals surface area contributed by atoms with Crippen LogP contribution in [0.15, 0.2) is 40.3 Å². The molecular weight excluding hydrogens is 260 g/mol. The van der Waals surface area contributed by atoms with E-state index in [-0.39, 0.29) is 11.3 Å². The SMILES string of the molecule is Cc1cc(C)nc(Sc2cccc(C(=O)O)c2N)c1. The van der Waals surface area contributed by atoms with Gasteiger partial charge < -0.3 is 10.8 Å². The fraction of sp³-hybridized carbons (Fsp3) is 0.143. The first-order chi connectivity index (χ1) is 8.97. The molecule has 0 bridgehead atoms. The number of carbonyl (C=O) groups is 1. The van der Waals surface area contributed by atoms with E-state index in [1.807, 2.05) is 26.0 Å². The number of aryl methyl sites for hydroxylation is 2. The van der Waals surface area contributed by atoms with E-state index in [1.165, 1.54) is 17.8 Å². The van der Waals surface area contributed by atoms with Crippen molar-refractivity contribution in [3.63, 3.8) is 0 Å². The summed E-state index contributed by atoms with van der Waals surface area (Å²) in [5.74, 6) is -1.02. The average molecular weight is 274 g/mol. The van der Waals surface area contributed by atoms with Crippen LogP contribution in [0.25, 0.3) is 0 Å². The molecule has 0 aliphatic carbocycles. The minimum absolute atomic E-state index is 0.120. The van der Waals surface area contributed by atoms with E-state index in [0.717, 1.165) is 16.3 Å². The maximum Gasteiger partial charge on any atom is 0.337 e. The monoisotopic (exact) mass is 274 g/mol. The van der Waals surface area contributed by atoms with Crippen LogP contribution in [0, 0.1) is 13.8 Å². The van der Waals surface area contributed by atoms with Crippen molar-refractivity contribution in [2.45, 2.75) is 23.8 Å². The van der Waals surface area contributed by atoms with Crippen molar-refractivity contribution >= 4 is 23.4 Å². The average Bonchev–Trinajstić information content (AvgIpc) is 2.30. The Morgan fingerprint density at radius 1 is 1.32 bits per heavy atom. The van der Waals surface area contributed by atoms with Crippen molar-refractivity contribution in [1.29, 1.82) is 0 Å². The third-order valence-corrected chi connectivity index (χ3v) is 3.58. The van der Waals surface area contributed by atoms with Crippen LogP contribution < -0.4 is 5.73 Å². The van der Waals surface area contributed by atoms with Crippen LogP contribution in [-0.4, -0.2) is 16.1 Å². The molecule has 4 nitrogen and oxygen atoms in total. The molecule has 1 heterocycles. The quantitative estimate of drug-likeness (QED) is 0.841. The molecule has 1 aromatic heterocycles. The van der Waals surface area contributed by atoms with Crippen molar-refractivity contribution in [3.8, 4) is 0 Å². The van der Waals surface area contributed by atoms with Crippen LogP contribution in [0.4, 0.5) is 5.69 Å². The number of pyridine rings is 1. The van der Waals surface area contributed by atoms with Crippen molar-refractivity contribution in [3.05, 3.63) is 47.2 Å². The van der Waals surface area contributed by atoms with Crippen molar-refractivity contribution < 1.29 is 9.90 Å². The molecule has 19 heavy (non-hydrogen) atoms. The van der Waals surface area contributed by atoms with Crippen LogP contribution in [0.3, 0.4) is 0 Å². The molecule has 98 valence electrons. The second kappa shape index (κ2) is 5.32. The number of nitrogens with two attached hydrogens (primary N) is 1. The van der Waals surface area contributed by atoms with Gasteiger partial charge in [-0.3, -0.25) is 0 Å². The number of para-hydroxylation sites is 1. The van der Waals surface area contributed by atoms with Crippen LogP contribution in [0.1, 0.15) is 21.6 Å². The molecule has 0 aliphatic heterocycles. The molecule has 3 N–H and O–H groups in total. The minimum atomic E-state index is -1.02. The number of carboxylic acids is 1. The summed E-state index contributed by atoms with van der Waals surface area (Å²) in [4.78, 5) is 16.1. The summed E-state index contributed by atoms with van der Waals surface area (Å²) in [7, 11) is 0. The van der Waals surface area contributed by atoms with Gasteiger partial charge in [0.05, 0.1) is 11.3 Å². The summed E-state index contributed by atoms with van der Waals surface area (Å²) in [5.41, 5.74) is 8.32. The predicted octanol–water partition coefficient (Wildman–Crippen LogP) is 3.13. The molecule has 0 saturated heterocycles. The van der Waals surface area contributed by atoms with Gasteiger partial charge in [-0.2, -0.15) is 0 Å². The second-order valence-electron chi connectivity index (χ2n) is 4.25. The van der Waals surface area contributed by atoms with Gasteiger partial charge in [0, 0.05) is 10.6 Å². The van der Waals surface area contributed by atoms with Crippen LogP contribution in [-0.2, 0) is 0 Å². The van der Waals surface area contributed by atoms with Gasteiger partial charge in [-0.15, -0.1) is 0 Å². The Balaban J connectivity index is 2.38. The third kappa shape index (κ3) is 3.06. The molecule has 0 unspecified atom stereocenters. The smallest absolute Gasteiger partial charge is 0.337 e. The number of benzene rings is 1. The summed E-state index contributed by atoms with van der Waals surface area (Å²) in [6, 6.07) is 8.92.